The molecule has 1 fully saturated rings. The predicted octanol–water partition coefficient (Wildman–Crippen LogP) is 7.63. The third-order valence-electron chi connectivity index (χ3n) is 6.51. The van der Waals surface area contributed by atoms with Crippen LogP contribution in [0.25, 0.3) is 0 Å². The van der Waals surface area contributed by atoms with Gasteiger partial charge < -0.3 is 13.9 Å². The van der Waals surface area contributed by atoms with E-state index in [0.717, 1.165) is 38.5 Å². The lowest BCUT2D eigenvalue weighted by Gasteiger charge is -2.37. The quantitative estimate of drug-likeness (QED) is 0.161. The van der Waals surface area contributed by atoms with E-state index in [1.807, 2.05) is 0 Å². The van der Waals surface area contributed by atoms with Crippen LogP contribution in [0.15, 0.2) is 22.8 Å². The minimum atomic E-state index is -0.430. The van der Waals surface area contributed by atoms with Crippen molar-refractivity contribution in [1.29, 1.82) is 0 Å². The Balaban J connectivity index is 1.75. The van der Waals surface area contributed by atoms with Gasteiger partial charge in [-0.2, -0.15) is 0 Å². The van der Waals surface area contributed by atoms with Crippen molar-refractivity contribution < 1.29 is 23.5 Å². The SMILES string of the molecule is CCCCCCCCCCC[C@@H](C[C@@H]1OC(=O)[C@H]1CCCCCC)OC(=O)c1ccco1. The fraction of sp³-hybridized carbons (Fsp3) is 0.778. The molecule has 0 unspecified atom stereocenters. The predicted molar refractivity (Wildman–Crippen MR) is 127 cm³/mol. The molecular weight excluding hydrogens is 404 g/mol. The van der Waals surface area contributed by atoms with Crippen molar-refractivity contribution in [2.24, 2.45) is 5.92 Å². The first-order chi connectivity index (χ1) is 15.7. The molecule has 0 radical (unpaired) electrons. The molecule has 2 heterocycles. The van der Waals surface area contributed by atoms with Gasteiger partial charge in [0.05, 0.1) is 12.2 Å². The monoisotopic (exact) mass is 448 g/mol. The zero-order chi connectivity index (χ0) is 23.0. The maximum Gasteiger partial charge on any atom is 0.374 e. The first kappa shape index (κ1) is 26.5. The lowest BCUT2D eigenvalue weighted by Crippen LogP contribution is -2.47. The van der Waals surface area contributed by atoms with Gasteiger partial charge in [0.1, 0.15) is 12.2 Å². The van der Waals surface area contributed by atoms with Gasteiger partial charge in [0.2, 0.25) is 5.76 Å². The largest absolute Gasteiger partial charge is 0.461 e. The number of furan rings is 1. The molecule has 0 aromatic carbocycles. The van der Waals surface area contributed by atoms with Crippen molar-refractivity contribution in [2.45, 2.75) is 129 Å². The number of cyclic esters (lactones) is 1. The molecule has 1 aliphatic heterocycles. The maximum atomic E-state index is 12.4. The number of hydrogen-bond acceptors (Lipinski definition) is 5. The lowest BCUT2D eigenvalue weighted by molar-refractivity contribution is -0.188. The second kappa shape index (κ2) is 15.9. The van der Waals surface area contributed by atoms with Crippen LogP contribution in [-0.2, 0) is 14.3 Å². The first-order valence-electron chi connectivity index (χ1n) is 13.1. The van der Waals surface area contributed by atoms with Gasteiger partial charge in [-0.25, -0.2) is 4.79 Å². The number of rotatable bonds is 19. The molecule has 2 rings (SSSR count). The summed E-state index contributed by atoms with van der Waals surface area (Å²) in [5.41, 5.74) is 0. The van der Waals surface area contributed by atoms with Gasteiger partial charge in [0, 0.05) is 6.42 Å². The van der Waals surface area contributed by atoms with Crippen LogP contribution in [0.1, 0.15) is 127 Å². The summed E-state index contributed by atoms with van der Waals surface area (Å²) in [5, 5.41) is 0. The van der Waals surface area contributed by atoms with E-state index >= 15 is 0 Å². The number of carbonyl (C=O) groups is 2. The molecule has 1 aliphatic rings. The minimum absolute atomic E-state index is 0.0419. The highest BCUT2D eigenvalue weighted by molar-refractivity contribution is 5.86. The molecule has 5 nitrogen and oxygen atoms in total. The van der Waals surface area contributed by atoms with Crippen LogP contribution in [0, 0.1) is 5.92 Å². The normalized spacial score (nSPS) is 18.8. The second-order valence-electron chi connectivity index (χ2n) is 9.29. The molecule has 0 aliphatic carbocycles. The van der Waals surface area contributed by atoms with Gasteiger partial charge in [-0.3, -0.25) is 4.79 Å². The molecule has 0 spiro atoms. The number of hydrogen-bond donors (Lipinski definition) is 0. The van der Waals surface area contributed by atoms with Crippen LogP contribution in [0.2, 0.25) is 0 Å². The summed E-state index contributed by atoms with van der Waals surface area (Å²) in [7, 11) is 0. The molecule has 32 heavy (non-hydrogen) atoms. The second-order valence-corrected chi connectivity index (χ2v) is 9.29. The molecule has 0 amide bonds. The highest BCUT2D eigenvalue weighted by Crippen LogP contribution is 2.32. The average Bonchev–Trinajstić information content (AvgIpc) is 3.32. The van der Waals surface area contributed by atoms with E-state index in [9.17, 15) is 9.59 Å². The lowest BCUT2D eigenvalue weighted by atomic mass is 9.86. The number of ether oxygens (including phenoxy) is 2. The van der Waals surface area contributed by atoms with Crippen LogP contribution in [0.5, 0.6) is 0 Å². The smallest absolute Gasteiger partial charge is 0.374 e. The summed E-state index contributed by atoms with van der Waals surface area (Å²) in [6.45, 7) is 4.43. The van der Waals surface area contributed by atoms with Crippen LogP contribution >= 0.6 is 0 Å². The third-order valence-corrected chi connectivity index (χ3v) is 6.51. The Kier molecular flexibility index (Phi) is 13.2. The zero-order valence-electron chi connectivity index (χ0n) is 20.3. The van der Waals surface area contributed by atoms with Gasteiger partial charge in [0.25, 0.3) is 0 Å². The molecule has 1 saturated heterocycles. The van der Waals surface area contributed by atoms with E-state index in [2.05, 4.69) is 13.8 Å². The fourth-order valence-corrected chi connectivity index (χ4v) is 4.48. The Morgan fingerprint density at radius 1 is 0.938 bits per heavy atom. The summed E-state index contributed by atoms with van der Waals surface area (Å²) < 4.78 is 16.4. The van der Waals surface area contributed by atoms with Gasteiger partial charge >= 0.3 is 11.9 Å². The summed E-state index contributed by atoms with van der Waals surface area (Å²) in [6.07, 6.45) is 19.3. The molecule has 5 heteroatoms. The van der Waals surface area contributed by atoms with Crippen molar-refractivity contribution in [1.82, 2.24) is 0 Å². The molecule has 1 aromatic heterocycles. The van der Waals surface area contributed by atoms with E-state index in [1.165, 1.54) is 64.1 Å². The highest BCUT2D eigenvalue weighted by Gasteiger charge is 2.43. The topological polar surface area (TPSA) is 65.7 Å². The number of carbonyl (C=O) groups excluding carboxylic acids is 2. The molecule has 1 aromatic rings. The Hall–Kier alpha value is -1.78. The molecule has 0 bridgehead atoms. The Labute approximate surface area is 194 Å². The zero-order valence-corrected chi connectivity index (χ0v) is 20.3. The first-order valence-corrected chi connectivity index (χ1v) is 13.1. The highest BCUT2D eigenvalue weighted by atomic mass is 16.6. The van der Waals surface area contributed by atoms with E-state index in [4.69, 9.17) is 13.9 Å². The van der Waals surface area contributed by atoms with Crippen LogP contribution < -0.4 is 0 Å². The molecule has 182 valence electrons. The summed E-state index contributed by atoms with van der Waals surface area (Å²) in [6, 6.07) is 3.31. The van der Waals surface area contributed by atoms with E-state index in [0.29, 0.717) is 6.42 Å². The Bertz CT molecular complexity index is 624. The third kappa shape index (κ3) is 9.79. The van der Waals surface area contributed by atoms with Crippen molar-refractivity contribution >= 4 is 11.9 Å². The van der Waals surface area contributed by atoms with Gasteiger partial charge in [-0.05, 0) is 31.4 Å². The van der Waals surface area contributed by atoms with Crippen LogP contribution in [0.3, 0.4) is 0 Å². The van der Waals surface area contributed by atoms with Crippen LogP contribution in [0.4, 0.5) is 0 Å². The standard InChI is InChI=1S/C27H44O5/c1-3-5-7-9-10-11-12-13-14-17-22(31-27(29)24-19-16-20-30-24)21-25-23(26(28)32-25)18-15-8-6-4-2/h16,19-20,22-23,25H,3-15,17-18,21H2,1-2H3/t22-,23-,25-/m0/s1. The minimum Gasteiger partial charge on any atom is -0.461 e. The summed E-state index contributed by atoms with van der Waals surface area (Å²) in [5.74, 6) is -0.338. The van der Waals surface area contributed by atoms with Gasteiger partial charge in [0.15, 0.2) is 0 Å². The Morgan fingerprint density at radius 2 is 1.56 bits per heavy atom. The van der Waals surface area contributed by atoms with Crippen LogP contribution in [-0.4, -0.2) is 24.1 Å². The van der Waals surface area contributed by atoms with E-state index in [-0.39, 0.29) is 29.9 Å². The van der Waals surface area contributed by atoms with Crippen molar-refractivity contribution in [3.63, 3.8) is 0 Å². The number of esters is 2. The van der Waals surface area contributed by atoms with Gasteiger partial charge in [-0.15, -0.1) is 0 Å². The number of unbranched alkanes of at least 4 members (excludes halogenated alkanes) is 11. The molecular formula is C27H44O5. The molecule has 0 saturated carbocycles. The maximum absolute atomic E-state index is 12.4. The van der Waals surface area contributed by atoms with Crippen molar-refractivity contribution in [2.75, 3.05) is 0 Å². The molecule has 3 atom stereocenters. The average molecular weight is 449 g/mol. The van der Waals surface area contributed by atoms with Crippen molar-refractivity contribution in [3.05, 3.63) is 24.2 Å². The van der Waals surface area contributed by atoms with Gasteiger partial charge in [-0.1, -0.05) is 90.9 Å². The Morgan fingerprint density at radius 3 is 2.16 bits per heavy atom. The summed E-state index contributed by atoms with van der Waals surface area (Å²) in [4.78, 5) is 24.4. The summed E-state index contributed by atoms with van der Waals surface area (Å²) >= 11 is 0. The van der Waals surface area contributed by atoms with Crippen molar-refractivity contribution in [3.8, 4) is 0 Å². The fourth-order valence-electron chi connectivity index (χ4n) is 4.48. The van der Waals surface area contributed by atoms with E-state index < -0.39 is 5.97 Å². The molecule has 0 N–H and O–H groups in total. The van der Waals surface area contributed by atoms with E-state index in [1.54, 1.807) is 12.1 Å².